The van der Waals surface area contributed by atoms with Gasteiger partial charge in [0.1, 0.15) is 0 Å². The van der Waals surface area contributed by atoms with Crippen molar-refractivity contribution in [2.45, 2.75) is 32.1 Å². The number of hydrogen-bond acceptors (Lipinski definition) is 3. The number of carboxylic acids is 1. The molecule has 1 rings (SSSR count). The zero-order valence-corrected chi connectivity index (χ0v) is 9.46. The molecular formula is C12H15NO4. The number of aliphatic carboxylic acids is 1. The molecule has 0 heterocycles. The van der Waals surface area contributed by atoms with Crippen LogP contribution in [0.3, 0.4) is 0 Å². The summed E-state index contributed by atoms with van der Waals surface area (Å²) in [4.78, 5) is 20.3. The quantitative estimate of drug-likeness (QED) is 0.449. The fourth-order valence-corrected chi connectivity index (χ4v) is 1.57. The zero-order chi connectivity index (χ0) is 12.7. The van der Waals surface area contributed by atoms with Crippen molar-refractivity contribution in [3.05, 3.63) is 39.9 Å². The maximum Gasteiger partial charge on any atom is 0.303 e. The topological polar surface area (TPSA) is 80.4 Å². The second kappa shape index (κ2) is 6.62. The number of unbranched alkanes of at least 4 members (excludes halogenated alkanes) is 2. The van der Waals surface area contributed by atoms with Gasteiger partial charge >= 0.3 is 5.97 Å². The first-order valence-electron chi connectivity index (χ1n) is 5.54. The lowest BCUT2D eigenvalue weighted by Gasteiger charge is -2.00. The van der Waals surface area contributed by atoms with Gasteiger partial charge in [0.25, 0.3) is 5.69 Å². The number of carbonyl (C=O) groups is 1. The van der Waals surface area contributed by atoms with Gasteiger partial charge in [-0.3, -0.25) is 14.9 Å². The Kier molecular flexibility index (Phi) is 5.13. The first kappa shape index (κ1) is 13.2. The van der Waals surface area contributed by atoms with Crippen LogP contribution in [0.25, 0.3) is 0 Å². The Morgan fingerprint density at radius 3 is 2.35 bits per heavy atom. The van der Waals surface area contributed by atoms with E-state index >= 15 is 0 Å². The van der Waals surface area contributed by atoms with E-state index in [2.05, 4.69) is 0 Å². The number of non-ortho nitro benzene ring substituents is 1. The molecule has 1 aromatic carbocycles. The van der Waals surface area contributed by atoms with E-state index in [-0.39, 0.29) is 12.1 Å². The molecular weight excluding hydrogens is 222 g/mol. The minimum Gasteiger partial charge on any atom is -0.481 e. The van der Waals surface area contributed by atoms with Gasteiger partial charge in [-0.25, -0.2) is 0 Å². The summed E-state index contributed by atoms with van der Waals surface area (Å²) in [6, 6.07) is 6.48. The number of nitrogens with zero attached hydrogens (tertiary/aromatic N) is 1. The second-order valence-electron chi connectivity index (χ2n) is 3.88. The van der Waals surface area contributed by atoms with Crippen LogP contribution in [0.4, 0.5) is 5.69 Å². The highest BCUT2D eigenvalue weighted by atomic mass is 16.6. The highest BCUT2D eigenvalue weighted by Crippen LogP contribution is 2.14. The van der Waals surface area contributed by atoms with Crippen LogP contribution >= 0.6 is 0 Å². The third-order valence-electron chi connectivity index (χ3n) is 2.50. The van der Waals surface area contributed by atoms with Gasteiger partial charge < -0.3 is 5.11 Å². The average Bonchev–Trinajstić information content (AvgIpc) is 2.29. The summed E-state index contributed by atoms with van der Waals surface area (Å²) < 4.78 is 0. The molecule has 0 saturated carbocycles. The Hall–Kier alpha value is -1.91. The normalized spacial score (nSPS) is 10.1. The van der Waals surface area contributed by atoms with Crippen molar-refractivity contribution in [2.75, 3.05) is 0 Å². The lowest BCUT2D eigenvalue weighted by atomic mass is 10.1. The Bertz CT molecular complexity index is 386. The van der Waals surface area contributed by atoms with Crippen molar-refractivity contribution in [1.29, 1.82) is 0 Å². The maximum absolute atomic E-state index is 10.4. The zero-order valence-electron chi connectivity index (χ0n) is 9.46. The molecule has 1 aromatic rings. The van der Waals surface area contributed by atoms with Crippen molar-refractivity contribution in [2.24, 2.45) is 0 Å². The van der Waals surface area contributed by atoms with Crippen LogP contribution < -0.4 is 0 Å². The summed E-state index contributed by atoms with van der Waals surface area (Å²) in [6.45, 7) is 0. The maximum atomic E-state index is 10.4. The molecule has 92 valence electrons. The van der Waals surface area contributed by atoms with Crippen LogP contribution in [0.1, 0.15) is 31.2 Å². The highest BCUT2D eigenvalue weighted by molar-refractivity contribution is 5.66. The molecule has 5 nitrogen and oxygen atoms in total. The van der Waals surface area contributed by atoms with Gasteiger partial charge in [0, 0.05) is 18.6 Å². The molecule has 0 aromatic heterocycles. The van der Waals surface area contributed by atoms with Crippen molar-refractivity contribution in [1.82, 2.24) is 0 Å². The van der Waals surface area contributed by atoms with E-state index in [1.54, 1.807) is 12.1 Å². The molecule has 5 heteroatoms. The van der Waals surface area contributed by atoms with Crippen LogP contribution in [-0.2, 0) is 11.2 Å². The first-order valence-corrected chi connectivity index (χ1v) is 5.54. The van der Waals surface area contributed by atoms with Crippen molar-refractivity contribution in [3.8, 4) is 0 Å². The fourth-order valence-electron chi connectivity index (χ4n) is 1.57. The SMILES string of the molecule is O=C(O)CCCCCc1ccc([N+](=O)[O-])cc1. The van der Waals surface area contributed by atoms with E-state index in [1.807, 2.05) is 0 Å². The molecule has 0 aliphatic carbocycles. The summed E-state index contributed by atoms with van der Waals surface area (Å²) in [6.07, 6.45) is 3.49. The van der Waals surface area contributed by atoms with E-state index in [0.29, 0.717) is 6.42 Å². The summed E-state index contributed by atoms with van der Waals surface area (Å²) in [5.41, 5.74) is 1.14. The average molecular weight is 237 g/mol. The summed E-state index contributed by atoms with van der Waals surface area (Å²) >= 11 is 0. The smallest absolute Gasteiger partial charge is 0.303 e. The van der Waals surface area contributed by atoms with Crippen LogP contribution in [0.15, 0.2) is 24.3 Å². The third-order valence-corrected chi connectivity index (χ3v) is 2.50. The van der Waals surface area contributed by atoms with E-state index in [9.17, 15) is 14.9 Å². The third kappa shape index (κ3) is 5.10. The van der Waals surface area contributed by atoms with Crippen molar-refractivity contribution in [3.63, 3.8) is 0 Å². The molecule has 0 spiro atoms. The van der Waals surface area contributed by atoms with Gasteiger partial charge in [-0.1, -0.05) is 18.6 Å². The van der Waals surface area contributed by atoms with Gasteiger partial charge in [-0.15, -0.1) is 0 Å². The minimum atomic E-state index is -0.764. The van der Waals surface area contributed by atoms with Gasteiger partial charge in [0.2, 0.25) is 0 Å². The molecule has 0 fully saturated rings. The number of hydrogen-bond donors (Lipinski definition) is 1. The molecule has 0 bridgehead atoms. The Balaban J connectivity index is 2.27. The van der Waals surface area contributed by atoms with E-state index in [4.69, 9.17) is 5.11 Å². The van der Waals surface area contributed by atoms with Crippen molar-refractivity contribution < 1.29 is 14.8 Å². The molecule has 0 amide bonds. The van der Waals surface area contributed by atoms with E-state index < -0.39 is 10.9 Å². The predicted molar refractivity (Wildman–Crippen MR) is 62.9 cm³/mol. The summed E-state index contributed by atoms with van der Waals surface area (Å²) in [5, 5.41) is 18.9. The second-order valence-corrected chi connectivity index (χ2v) is 3.88. The predicted octanol–water partition coefficient (Wildman–Crippen LogP) is 2.78. The number of benzene rings is 1. The lowest BCUT2D eigenvalue weighted by Crippen LogP contribution is -1.94. The van der Waals surface area contributed by atoms with Crippen LogP contribution in [0, 0.1) is 10.1 Å². The summed E-state index contributed by atoms with van der Waals surface area (Å²) in [7, 11) is 0. The summed E-state index contributed by atoms with van der Waals surface area (Å²) in [5.74, 6) is -0.764. The van der Waals surface area contributed by atoms with Gasteiger partial charge in [0.15, 0.2) is 0 Å². The molecule has 0 saturated heterocycles. The minimum absolute atomic E-state index is 0.0969. The molecule has 0 unspecified atom stereocenters. The Labute approximate surface area is 99.2 Å². The fraction of sp³-hybridized carbons (Fsp3) is 0.417. The number of aryl methyl sites for hydroxylation is 1. The van der Waals surface area contributed by atoms with Crippen LogP contribution in [0.2, 0.25) is 0 Å². The monoisotopic (exact) mass is 237 g/mol. The van der Waals surface area contributed by atoms with Gasteiger partial charge in [-0.2, -0.15) is 0 Å². The molecule has 17 heavy (non-hydrogen) atoms. The lowest BCUT2D eigenvalue weighted by molar-refractivity contribution is -0.384. The van der Waals surface area contributed by atoms with Gasteiger partial charge in [0.05, 0.1) is 4.92 Å². The number of rotatable bonds is 7. The van der Waals surface area contributed by atoms with E-state index in [0.717, 1.165) is 24.8 Å². The number of nitro benzene ring substituents is 1. The number of nitro groups is 1. The Morgan fingerprint density at radius 1 is 1.18 bits per heavy atom. The van der Waals surface area contributed by atoms with Gasteiger partial charge in [-0.05, 0) is 24.8 Å². The first-order chi connectivity index (χ1) is 8.09. The van der Waals surface area contributed by atoms with Crippen molar-refractivity contribution >= 4 is 11.7 Å². The molecule has 0 aliphatic heterocycles. The van der Waals surface area contributed by atoms with E-state index in [1.165, 1.54) is 12.1 Å². The number of carboxylic acid groups (broad SMARTS) is 1. The molecule has 0 radical (unpaired) electrons. The Morgan fingerprint density at radius 2 is 1.82 bits per heavy atom. The highest BCUT2D eigenvalue weighted by Gasteiger charge is 2.03. The molecule has 0 atom stereocenters. The molecule has 1 N–H and O–H groups in total. The standard InChI is InChI=1S/C12H15NO4/c14-12(15)5-3-1-2-4-10-6-8-11(9-7-10)13(16)17/h6-9H,1-5H2,(H,14,15). The largest absolute Gasteiger partial charge is 0.481 e. The molecule has 0 aliphatic rings. The van der Waals surface area contributed by atoms with Crippen LogP contribution in [0.5, 0.6) is 0 Å². The van der Waals surface area contributed by atoms with Crippen LogP contribution in [-0.4, -0.2) is 16.0 Å².